The van der Waals surface area contributed by atoms with Gasteiger partial charge in [-0.15, -0.1) is 0 Å². The molecule has 1 rings (SSSR count). The Balaban J connectivity index is 2.64. The van der Waals surface area contributed by atoms with E-state index >= 15 is 0 Å². The second kappa shape index (κ2) is 6.64. The van der Waals surface area contributed by atoms with Gasteiger partial charge in [-0.2, -0.15) is 13.2 Å². The van der Waals surface area contributed by atoms with Crippen LogP contribution < -0.4 is 5.32 Å². The average molecular weight is 312 g/mol. The standard InChI is InChI=1S/C11H15F3N2O5/c12-11(13,14)5-16(6-1-2-6)10(21)15-7(9(19)20)3-4-8(17)18/h6-7H,1-5H2,(H,15,21)(H,17,18)(H,19,20). The number of halogens is 3. The Labute approximate surface area is 117 Å². The lowest BCUT2D eigenvalue weighted by molar-refractivity contribution is -0.141. The molecule has 1 aliphatic carbocycles. The number of amides is 2. The van der Waals surface area contributed by atoms with E-state index in [0.29, 0.717) is 17.7 Å². The highest BCUT2D eigenvalue weighted by atomic mass is 19.4. The highest BCUT2D eigenvalue weighted by molar-refractivity contribution is 5.83. The third kappa shape index (κ3) is 6.32. The first-order valence-corrected chi connectivity index (χ1v) is 6.18. The van der Waals surface area contributed by atoms with Gasteiger partial charge in [0.25, 0.3) is 0 Å². The van der Waals surface area contributed by atoms with Gasteiger partial charge in [0.2, 0.25) is 0 Å². The maximum Gasteiger partial charge on any atom is 0.406 e. The Bertz CT molecular complexity index is 423. The minimum absolute atomic E-state index is 0.402. The van der Waals surface area contributed by atoms with Gasteiger partial charge in [0.1, 0.15) is 12.6 Å². The summed E-state index contributed by atoms with van der Waals surface area (Å²) in [5.41, 5.74) is 0. The van der Waals surface area contributed by atoms with Crippen molar-refractivity contribution in [3.8, 4) is 0 Å². The fourth-order valence-corrected chi connectivity index (χ4v) is 1.70. The molecule has 21 heavy (non-hydrogen) atoms. The Kier molecular flexibility index (Phi) is 5.39. The second-order valence-electron chi connectivity index (χ2n) is 4.75. The summed E-state index contributed by atoms with van der Waals surface area (Å²) in [6, 6.07) is -3.24. The van der Waals surface area contributed by atoms with Crippen LogP contribution in [0.5, 0.6) is 0 Å². The maximum absolute atomic E-state index is 12.4. The van der Waals surface area contributed by atoms with Crippen molar-refractivity contribution in [1.82, 2.24) is 10.2 Å². The van der Waals surface area contributed by atoms with E-state index in [1.165, 1.54) is 0 Å². The van der Waals surface area contributed by atoms with E-state index in [0.717, 1.165) is 0 Å². The first-order valence-electron chi connectivity index (χ1n) is 6.18. The van der Waals surface area contributed by atoms with E-state index in [1.807, 2.05) is 5.32 Å². The first-order chi connectivity index (χ1) is 9.60. The van der Waals surface area contributed by atoms with Gasteiger partial charge in [-0.3, -0.25) is 4.79 Å². The molecule has 1 fully saturated rings. The Morgan fingerprint density at radius 3 is 2.19 bits per heavy atom. The Hall–Kier alpha value is -2.00. The van der Waals surface area contributed by atoms with Gasteiger partial charge in [-0.1, -0.05) is 0 Å². The first kappa shape index (κ1) is 17.1. The van der Waals surface area contributed by atoms with Gasteiger partial charge in [0.15, 0.2) is 0 Å². The highest BCUT2D eigenvalue weighted by Gasteiger charge is 2.41. The number of aliphatic carboxylic acids is 2. The molecule has 0 heterocycles. The molecule has 0 aliphatic heterocycles. The summed E-state index contributed by atoms with van der Waals surface area (Å²) < 4.78 is 37.2. The van der Waals surface area contributed by atoms with E-state index < -0.39 is 55.6 Å². The summed E-state index contributed by atoms with van der Waals surface area (Å²) in [5, 5.41) is 19.3. The van der Waals surface area contributed by atoms with E-state index in [9.17, 15) is 27.6 Å². The molecule has 0 aromatic heterocycles. The molecule has 0 saturated heterocycles. The third-order valence-corrected chi connectivity index (χ3v) is 2.84. The number of hydrogen-bond donors (Lipinski definition) is 3. The zero-order valence-electron chi connectivity index (χ0n) is 10.9. The molecule has 0 bridgehead atoms. The lowest BCUT2D eigenvalue weighted by atomic mass is 10.1. The van der Waals surface area contributed by atoms with Crippen molar-refractivity contribution in [1.29, 1.82) is 0 Å². The lowest BCUT2D eigenvalue weighted by Gasteiger charge is -2.25. The summed E-state index contributed by atoms with van der Waals surface area (Å²) in [7, 11) is 0. The largest absolute Gasteiger partial charge is 0.481 e. The van der Waals surface area contributed by atoms with Crippen molar-refractivity contribution >= 4 is 18.0 Å². The molecule has 0 aromatic rings. The molecule has 1 atom stereocenters. The van der Waals surface area contributed by atoms with Gasteiger partial charge < -0.3 is 20.4 Å². The lowest BCUT2D eigenvalue weighted by Crippen LogP contribution is -2.51. The number of carbonyl (C=O) groups is 3. The second-order valence-corrected chi connectivity index (χ2v) is 4.75. The quantitative estimate of drug-likeness (QED) is 0.651. The van der Waals surface area contributed by atoms with Crippen molar-refractivity contribution in [2.45, 2.75) is 43.9 Å². The molecule has 2 amide bonds. The number of nitrogens with zero attached hydrogens (tertiary/aromatic N) is 1. The molecular weight excluding hydrogens is 297 g/mol. The molecule has 0 radical (unpaired) electrons. The molecule has 3 N–H and O–H groups in total. The van der Waals surface area contributed by atoms with Crippen LogP contribution in [0.2, 0.25) is 0 Å². The zero-order chi connectivity index (χ0) is 16.2. The van der Waals surface area contributed by atoms with Crippen molar-refractivity contribution in [3.05, 3.63) is 0 Å². The number of carboxylic acids is 2. The summed E-state index contributed by atoms with van der Waals surface area (Å²) in [5.74, 6) is -2.75. The number of alkyl halides is 3. The van der Waals surface area contributed by atoms with Gasteiger partial charge in [0, 0.05) is 12.5 Å². The number of hydrogen-bond acceptors (Lipinski definition) is 3. The van der Waals surface area contributed by atoms with Crippen LogP contribution in [0.1, 0.15) is 25.7 Å². The number of urea groups is 1. The molecule has 1 unspecified atom stereocenters. The normalized spacial score (nSPS) is 16.1. The van der Waals surface area contributed by atoms with Crippen LogP contribution in [-0.2, 0) is 9.59 Å². The Morgan fingerprint density at radius 2 is 1.81 bits per heavy atom. The van der Waals surface area contributed by atoms with E-state index in [-0.39, 0.29) is 0 Å². The minimum Gasteiger partial charge on any atom is -0.481 e. The zero-order valence-corrected chi connectivity index (χ0v) is 10.9. The monoisotopic (exact) mass is 312 g/mol. The van der Waals surface area contributed by atoms with Crippen LogP contribution in [0, 0.1) is 0 Å². The molecule has 10 heteroatoms. The number of carboxylic acid groups (broad SMARTS) is 2. The predicted octanol–water partition coefficient (Wildman–Crippen LogP) is 1.04. The van der Waals surface area contributed by atoms with E-state index in [2.05, 4.69) is 0 Å². The average Bonchev–Trinajstić information content (AvgIpc) is 3.13. The summed E-state index contributed by atoms with van der Waals surface area (Å²) in [6.07, 6.45) is -4.65. The van der Waals surface area contributed by atoms with Crippen molar-refractivity contribution in [3.63, 3.8) is 0 Å². The summed E-state index contributed by atoms with van der Waals surface area (Å²) in [6.45, 7) is -1.46. The van der Waals surface area contributed by atoms with Crippen LogP contribution in [0.25, 0.3) is 0 Å². The predicted molar refractivity (Wildman–Crippen MR) is 62.6 cm³/mol. The number of carbonyl (C=O) groups excluding carboxylic acids is 1. The van der Waals surface area contributed by atoms with Gasteiger partial charge >= 0.3 is 24.1 Å². The molecule has 1 saturated carbocycles. The molecule has 1 aliphatic rings. The van der Waals surface area contributed by atoms with Crippen LogP contribution in [-0.4, -0.2) is 57.9 Å². The maximum atomic E-state index is 12.4. The van der Waals surface area contributed by atoms with Crippen LogP contribution >= 0.6 is 0 Å². The van der Waals surface area contributed by atoms with Crippen molar-refractivity contribution in [2.24, 2.45) is 0 Å². The van der Waals surface area contributed by atoms with Gasteiger partial charge in [-0.05, 0) is 19.3 Å². The minimum atomic E-state index is -4.58. The topological polar surface area (TPSA) is 107 Å². The summed E-state index contributed by atoms with van der Waals surface area (Å²) in [4.78, 5) is 33.6. The number of nitrogens with one attached hydrogen (secondary N) is 1. The molecule has 7 nitrogen and oxygen atoms in total. The van der Waals surface area contributed by atoms with E-state index in [4.69, 9.17) is 10.2 Å². The fraction of sp³-hybridized carbons (Fsp3) is 0.727. The van der Waals surface area contributed by atoms with E-state index in [1.54, 1.807) is 0 Å². The third-order valence-electron chi connectivity index (χ3n) is 2.84. The smallest absolute Gasteiger partial charge is 0.406 e. The van der Waals surface area contributed by atoms with Crippen LogP contribution in [0.15, 0.2) is 0 Å². The SMILES string of the molecule is O=C(O)CCC(NC(=O)N(CC(F)(F)F)C1CC1)C(=O)O. The highest BCUT2D eigenvalue weighted by Crippen LogP contribution is 2.30. The van der Waals surface area contributed by atoms with Crippen LogP contribution in [0.3, 0.4) is 0 Å². The molecule has 0 spiro atoms. The number of rotatable bonds is 7. The Morgan fingerprint density at radius 1 is 1.24 bits per heavy atom. The molecule has 0 aromatic carbocycles. The van der Waals surface area contributed by atoms with Gasteiger partial charge in [0.05, 0.1) is 0 Å². The van der Waals surface area contributed by atoms with Crippen molar-refractivity contribution < 1.29 is 37.8 Å². The summed E-state index contributed by atoms with van der Waals surface area (Å²) >= 11 is 0. The van der Waals surface area contributed by atoms with Crippen molar-refractivity contribution in [2.75, 3.05) is 6.54 Å². The van der Waals surface area contributed by atoms with Gasteiger partial charge in [-0.25, -0.2) is 9.59 Å². The molecule has 120 valence electrons. The molecular formula is C11H15F3N2O5. The fourth-order valence-electron chi connectivity index (χ4n) is 1.70. The van der Waals surface area contributed by atoms with Crippen LogP contribution in [0.4, 0.5) is 18.0 Å².